The standard InChI is InChI=1S/C14H16BrNO4/c1-19-12(17)8-11(13(15)14(18)20-2)16-9-10-6-4-3-5-7-10/h3-8,13,16H,9H2,1-2H3/b11-8+. The molecule has 0 amide bonds. The van der Waals surface area contributed by atoms with Crippen molar-refractivity contribution in [2.75, 3.05) is 14.2 Å². The van der Waals surface area contributed by atoms with Crippen LogP contribution in [0.4, 0.5) is 0 Å². The summed E-state index contributed by atoms with van der Waals surface area (Å²) in [6.45, 7) is 0.475. The SMILES string of the molecule is COC(=O)/C=C(/NCc1ccccc1)C(Br)C(=O)OC. The zero-order valence-electron chi connectivity index (χ0n) is 11.3. The predicted octanol–water partition coefficient (Wildman–Crippen LogP) is 1.77. The molecule has 0 saturated carbocycles. The second kappa shape index (κ2) is 8.37. The maximum Gasteiger partial charge on any atom is 0.332 e. The molecule has 0 radical (unpaired) electrons. The molecule has 5 nitrogen and oxygen atoms in total. The Hall–Kier alpha value is -1.82. The Bertz CT molecular complexity index is 487. The van der Waals surface area contributed by atoms with Crippen molar-refractivity contribution >= 4 is 27.9 Å². The van der Waals surface area contributed by atoms with Gasteiger partial charge in [0.1, 0.15) is 0 Å². The Morgan fingerprint density at radius 2 is 1.90 bits per heavy atom. The topological polar surface area (TPSA) is 64.6 Å². The average molecular weight is 342 g/mol. The number of halogens is 1. The third kappa shape index (κ3) is 5.05. The first kappa shape index (κ1) is 16.2. The number of alkyl halides is 1. The molecule has 1 atom stereocenters. The van der Waals surface area contributed by atoms with Gasteiger partial charge in [-0.3, -0.25) is 4.79 Å². The van der Waals surface area contributed by atoms with Gasteiger partial charge in [0.05, 0.1) is 14.2 Å². The van der Waals surface area contributed by atoms with E-state index in [9.17, 15) is 9.59 Å². The summed E-state index contributed by atoms with van der Waals surface area (Å²) in [4.78, 5) is 22.1. The van der Waals surface area contributed by atoms with Crippen LogP contribution in [0.5, 0.6) is 0 Å². The summed E-state index contributed by atoms with van der Waals surface area (Å²) in [5, 5.41) is 3.03. The number of carbonyl (C=O) groups excluding carboxylic acids is 2. The van der Waals surface area contributed by atoms with Crippen molar-refractivity contribution in [3.05, 3.63) is 47.7 Å². The lowest BCUT2D eigenvalue weighted by Gasteiger charge is -2.15. The lowest BCUT2D eigenvalue weighted by atomic mass is 10.2. The Labute approximate surface area is 126 Å². The molecule has 0 aromatic heterocycles. The molecule has 0 bridgehead atoms. The molecule has 0 aliphatic heterocycles. The molecule has 0 fully saturated rings. The number of methoxy groups -OCH3 is 2. The summed E-state index contributed by atoms with van der Waals surface area (Å²) >= 11 is 3.19. The highest BCUT2D eigenvalue weighted by molar-refractivity contribution is 9.10. The zero-order chi connectivity index (χ0) is 15.0. The number of esters is 2. The van der Waals surface area contributed by atoms with Gasteiger partial charge in [-0.1, -0.05) is 46.3 Å². The molecule has 0 aliphatic carbocycles. The highest BCUT2D eigenvalue weighted by Gasteiger charge is 2.21. The van der Waals surface area contributed by atoms with E-state index in [1.54, 1.807) is 0 Å². The molecule has 1 unspecified atom stereocenters. The molecule has 1 rings (SSSR count). The number of ether oxygens (including phenoxy) is 2. The molecule has 1 aromatic rings. The number of rotatable bonds is 6. The fraction of sp³-hybridized carbons (Fsp3) is 0.286. The number of benzene rings is 1. The van der Waals surface area contributed by atoms with Crippen LogP contribution in [0, 0.1) is 0 Å². The van der Waals surface area contributed by atoms with Crippen LogP contribution in [-0.2, 0) is 25.6 Å². The van der Waals surface area contributed by atoms with E-state index in [-0.39, 0.29) is 0 Å². The van der Waals surface area contributed by atoms with Crippen molar-refractivity contribution < 1.29 is 19.1 Å². The van der Waals surface area contributed by atoms with Crippen LogP contribution in [0.15, 0.2) is 42.1 Å². The van der Waals surface area contributed by atoms with Crippen molar-refractivity contribution in [2.24, 2.45) is 0 Å². The number of hydrogen-bond acceptors (Lipinski definition) is 5. The van der Waals surface area contributed by atoms with Crippen LogP contribution in [0.1, 0.15) is 5.56 Å². The van der Waals surface area contributed by atoms with E-state index >= 15 is 0 Å². The summed E-state index contributed by atoms with van der Waals surface area (Å²) in [6.07, 6.45) is 1.22. The third-order valence-corrected chi connectivity index (χ3v) is 3.36. The van der Waals surface area contributed by atoms with Gasteiger partial charge < -0.3 is 14.8 Å². The fourth-order valence-electron chi connectivity index (χ4n) is 1.43. The second-order valence-corrected chi connectivity index (χ2v) is 4.76. The molecule has 0 heterocycles. The van der Waals surface area contributed by atoms with Crippen molar-refractivity contribution in [2.45, 2.75) is 11.4 Å². The van der Waals surface area contributed by atoms with Gasteiger partial charge in [0.15, 0.2) is 4.83 Å². The van der Waals surface area contributed by atoms with E-state index in [0.717, 1.165) is 5.56 Å². The van der Waals surface area contributed by atoms with Crippen LogP contribution in [-0.4, -0.2) is 31.0 Å². The van der Waals surface area contributed by atoms with Crippen molar-refractivity contribution in [1.82, 2.24) is 5.32 Å². The highest BCUT2D eigenvalue weighted by atomic mass is 79.9. The quantitative estimate of drug-likeness (QED) is 0.485. The van der Waals surface area contributed by atoms with Crippen molar-refractivity contribution in [3.63, 3.8) is 0 Å². The smallest absolute Gasteiger partial charge is 0.332 e. The van der Waals surface area contributed by atoms with Crippen LogP contribution in [0.2, 0.25) is 0 Å². The summed E-state index contributed by atoms with van der Waals surface area (Å²) < 4.78 is 9.21. The maximum atomic E-state index is 11.5. The van der Waals surface area contributed by atoms with Gasteiger partial charge in [-0.05, 0) is 5.56 Å². The number of carbonyl (C=O) groups is 2. The third-order valence-electron chi connectivity index (χ3n) is 2.50. The van der Waals surface area contributed by atoms with E-state index in [1.807, 2.05) is 30.3 Å². The van der Waals surface area contributed by atoms with Crippen molar-refractivity contribution in [3.8, 4) is 0 Å². The first-order valence-corrected chi connectivity index (χ1v) is 6.79. The van der Waals surface area contributed by atoms with Gasteiger partial charge in [0, 0.05) is 18.3 Å². The molecule has 20 heavy (non-hydrogen) atoms. The normalized spacial score (nSPS) is 12.4. The second-order valence-electron chi connectivity index (χ2n) is 3.85. The molecule has 6 heteroatoms. The lowest BCUT2D eigenvalue weighted by Crippen LogP contribution is -2.28. The molecule has 0 saturated heterocycles. The highest BCUT2D eigenvalue weighted by Crippen LogP contribution is 2.13. The largest absolute Gasteiger partial charge is 0.468 e. The Morgan fingerprint density at radius 3 is 2.45 bits per heavy atom. The summed E-state index contributed by atoms with van der Waals surface area (Å²) in [5.74, 6) is -1.05. The first-order chi connectivity index (χ1) is 9.58. The van der Waals surface area contributed by atoms with E-state index in [0.29, 0.717) is 12.2 Å². The molecule has 0 aliphatic rings. The average Bonchev–Trinajstić information content (AvgIpc) is 2.50. The Morgan fingerprint density at radius 1 is 1.25 bits per heavy atom. The molecule has 1 aromatic carbocycles. The van der Waals surface area contributed by atoms with E-state index in [2.05, 4.69) is 30.7 Å². The molecule has 108 valence electrons. The minimum atomic E-state index is -0.754. The van der Waals surface area contributed by atoms with Crippen molar-refractivity contribution in [1.29, 1.82) is 0 Å². The van der Waals surface area contributed by atoms with Gasteiger partial charge >= 0.3 is 11.9 Å². The van der Waals surface area contributed by atoms with E-state index in [4.69, 9.17) is 0 Å². The van der Waals surface area contributed by atoms with Crippen LogP contribution >= 0.6 is 15.9 Å². The summed E-state index contributed by atoms with van der Waals surface area (Å²) in [7, 11) is 2.55. The van der Waals surface area contributed by atoms with E-state index < -0.39 is 16.8 Å². The Kier molecular flexibility index (Phi) is 6.79. The summed E-state index contributed by atoms with van der Waals surface area (Å²) in [6, 6.07) is 9.60. The molecular weight excluding hydrogens is 326 g/mol. The summed E-state index contributed by atoms with van der Waals surface area (Å²) in [5.41, 5.74) is 1.40. The van der Waals surface area contributed by atoms with Gasteiger partial charge in [-0.15, -0.1) is 0 Å². The predicted molar refractivity (Wildman–Crippen MR) is 78.1 cm³/mol. The minimum Gasteiger partial charge on any atom is -0.468 e. The van der Waals surface area contributed by atoms with Gasteiger partial charge in [-0.25, -0.2) is 4.79 Å². The molecule has 0 spiro atoms. The first-order valence-electron chi connectivity index (χ1n) is 5.87. The van der Waals surface area contributed by atoms with Gasteiger partial charge in [-0.2, -0.15) is 0 Å². The van der Waals surface area contributed by atoms with Gasteiger partial charge in [0.2, 0.25) is 0 Å². The lowest BCUT2D eigenvalue weighted by molar-refractivity contribution is -0.139. The zero-order valence-corrected chi connectivity index (χ0v) is 12.8. The monoisotopic (exact) mass is 341 g/mol. The number of nitrogens with one attached hydrogen (secondary N) is 1. The molecular formula is C14H16BrNO4. The van der Waals surface area contributed by atoms with Crippen LogP contribution in [0.3, 0.4) is 0 Å². The molecule has 1 N–H and O–H groups in total. The van der Waals surface area contributed by atoms with Gasteiger partial charge in [0.25, 0.3) is 0 Å². The Balaban J connectivity index is 2.80. The van der Waals surface area contributed by atoms with E-state index in [1.165, 1.54) is 20.3 Å². The maximum absolute atomic E-state index is 11.5. The van der Waals surface area contributed by atoms with Crippen LogP contribution < -0.4 is 5.32 Å². The fourth-order valence-corrected chi connectivity index (χ4v) is 1.91. The minimum absolute atomic E-state index is 0.382. The van der Waals surface area contributed by atoms with Crippen LogP contribution in [0.25, 0.3) is 0 Å². The number of hydrogen-bond donors (Lipinski definition) is 1.